The summed E-state index contributed by atoms with van der Waals surface area (Å²) in [5.41, 5.74) is 2.89. The first-order valence-corrected chi connectivity index (χ1v) is 12.0. The fourth-order valence-corrected chi connectivity index (χ4v) is 5.16. The van der Waals surface area contributed by atoms with Crippen LogP contribution in [0.25, 0.3) is 27.7 Å². The highest BCUT2D eigenvalue weighted by Gasteiger charge is 2.19. The van der Waals surface area contributed by atoms with Gasteiger partial charge in [-0.15, -0.1) is 0 Å². The van der Waals surface area contributed by atoms with Crippen LogP contribution in [0.3, 0.4) is 0 Å². The fraction of sp³-hybridized carbons (Fsp3) is 0.125. The first-order chi connectivity index (χ1) is 16.4. The Morgan fingerprint density at radius 3 is 2.59 bits per heavy atom. The second kappa shape index (κ2) is 8.31. The third-order valence-corrected chi connectivity index (χ3v) is 7.16. The molecule has 0 fully saturated rings. The molecule has 2 aromatic carbocycles. The third kappa shape index (κ3) is 3.88. The highest BCUT2D eigenvalue weighted by molar-refractivity contribution is 7.90. The summed E-state index contributed by atoms with van der Waals surface area (Å²) in [5.74, 6) is 0.222. The number of nitrogens with zero attached hydrogens (tertiary/aromatic N) is 4. The number of aryl methyl sites for hydroxylation is 1. The molecule has 0 aliphatic carbocycles. The van der Waals surface area contributed by atoms with Gasteiger partial charge in [-0.25, -0.2) is 8.42 Å². The van der Waals surface area contributed by atoms with Crippen molar-refractivity contribution in [1.29, 1.82) is 0 Å². The molecule has 3 aromatic heterocycles. The van der Waals surface area contributed by atoms with E-state index < -0.39 is 9.84 Å². The van der Waals surface area contributed by atoms with Crippen molar-refractivity contribution in [2.24, 2.45) is 7.05 Å². The largest absolute Gasteiger partial charge is 0.495 e. The molecule has 0 saturated heterocycles. The Hall–Kier alpha value is -4.18. The van der Waals surface area contributed by atoms with Crippen LogP contribution in [0.2, 0.25) is 0 Å². The molecule has 0 spiro atoms. The Morgan fingerprint density at radius 2 is 1.88 bits per heavy atom. The van der Waals surface area contributed by atoms with Gasteiger partial charge in [-0.1, -0.05) is 11.2 Å². The summed E-state index contributed by atoms with van der Waals surface area (Å²) in [4.78, 5) is 13.1. The predicted octanol–water partition coefficient (Wildman–Crippen LogP) is 3.36. The summed E-state index contributed by atoms with van der Waals surface area (Å²) in [7, 11) is -0.294. The minimum Gasteiger partial charge on any atom is -0.495 e. The van der Waals surface area contributed by atoms with Gasteiger partial charge < -0.3 is 9.26 Å². The number of hydrogen-bond acceptors (Lipinski definition) is 7. The summed E-state index contributed by atoms with van der Waals surface area (Å²) < 4.78 is 39.3. The van der Waals surface area contributed by atoms with E-state index in [4.69, 9.17) is 9.26 Å². The van der Waals surface area contributed by atoms with Crippen molar-refractivity contribution >= 4 is 20.7 Å². The minimum absolute atomic E-state index is 0.129. The van der Waals surface area contributed by atoms with Crippen LogP contribution in [0.15, 0.2) is 87.5 Å². The van der Waals surface area contributed by atoms with Crippen LogP contribution in [0, 0.1) is 0 Å². The highest BCUT2D eigenvalue weighted by Crippen LogP contribution is 2.31. The van der Waals surface area contributed by atoms with Gasteiger partial charge in [-0.2, -0.15) is 5.10 Å². The number of fused-ring (bicyclic) bond motifs is 1. The molecule has 3 heterocycles. The number of aromatic nitrogens is 4. The van der Waals surface area contributed by atoms with Gasteiger partial charge in [0.05, 0.1) is 35.1 Å². The van der Waals surface area contributed by atoms with Gasteiger partial charge in [-0.05, 0) is 42.0 Å². The molecule has 0 unspecified atom stereocenters. The van der Waals surface area contributed by atoms with Gasteiger partial charge in [0, 0.05) is 36.3 Å². The van der Waals surface area contributed by atoms with Crippen LogP contribution in [0.1, 0.15) is 5.69 Å². The Morgan fingerprint density at radius 1 is 1.03 bits per heavy atom. The van der Waals surface area contributed by atoms with Crippen molar-refractivity contribution < 1.29 is 17.7 Å². The average Bonchev–Trinajstić information content (AvgIpc) is 3.49. The Labute approximate surface area is 194 Å². The number of ether oxygens (including phenoxy) is 1. The van der Waals surface area contributed by atoms with Crippen LogP contribution in [-0.2, 0) is 22.6 Å². The second-order valence-electron chi connectivity index (χ2n) is 7.77. The van der Waals surface area contributed by atoms with Crippen molar-refractivity contribution in [2.75, 3.05) is 7.11 Å². The number of pyridine rings is 1. The van der Waals surface area contributed by atoms with E-state index in [1.54, 1.807) is 35.1 Å². The molecule has 0 radical (unpaired) electrons. The van der Waals surface area contributed by atoms with Gasteiger partial charge in [-0.3, -0.25) is 14.0 Å². The summed E-state index contributed by atoms with van der Waals surface area (Å²) in [6, 6.07) is 14.7. The summed E-state index contributed by atoms with van der Waals surface area (Å²) in [5, 5.41) is 8.50. The van der Waals surface area contributed by atoms with Crippen LogP contribution in [0.4, 0.5) is 0 Å². The number of benzene rings is 2. The molecule has 5 aromatic rings. The topological polar surface area (TPSA) is 109 Å². The number of sulfone groups is 1. The molecule has 34 heavy (non-hydrogen) atoms. The van der Waals surface area contributed by atoms with Crippen LogP contribution < -0.4 is 10.3 Å². The van der Waals surface area contributed by atoms with E-state index >= 15 is 0 Å². The van der Waals surface area contributed by atoms with Crippen molar-refractivity contribution in [3.8, 4) is 22.6 Å². The number of hydrogen-bond donors (Lipinski definition) is 0. The average molecular weight is 477 g/mol. The van der Waals surface area contributed by atoms with Gasteiger partial charge in [0.25, 0.3) is 5.56 Å². The Kier molecular flexibility index (Phi) is 5.29. The van der Waals surface area contributed by atoms with Crippen molar-refractivity contribution in [2.45, 2.75) is 10.6 Å². The van der Waals surface area contributed by atoms with Crippen LogP contribution >= 0.6 is 0 Å². The molecular formula is C24H20N4O5S. The van der Waals surface area contributed by atoms with Crippen molar-refractivity contribution in [3.05, 3.63) is 89.3 Å². The molecule has 0 aliphatic rings. The first-order valence-electron chi connectivity index (χ1n) is 10.3. The second-order valence-corrected chi connectivity index (χ2v) is 9.76. The van der Waals surface area contributed by atoms with Crippen LogP contribution in [-0.4, -0.2) is 35.0 Å². The summed E-state index contributed by atoms with van der Waals surface area (Å²) >= 11 is 0. The maximum atomic E-state index is 13.0. The lowest BCUT2D eigenvalue weighted by atomic mass is 10.1. The SMILES string of the molecule is COc1ccc(-c2cnn(C)c2)cc1-n1c(=O)ccc2cc(S(=O)(=O)Cc3ccon3)ccc21. The van der Waals surface area contributed by atoms with E-state index in [1.165, 1.54) is 36.1 Å². The molecule has 172 valence electrons. The van der Waals surface area contributed by atoms with Crippen molar-refractivity contribution in [1.82, 2.24) is 19.5 Å². The van der Waals surface area contributed by atoms with Crippen molar-refractivity contribution in [3.63, 3.8) is 0 Å². The quantitative estimate of drug-likeness (QED) is 0.370. The summed E-state index contributed by atoms with van der Waals surface area (Å²) in [6.45, 7) is 0. The lowest BCUT2D eigenvalue weighted by molar-refractivity contribution is 0.413. The fourth-order valence-electron chi connectivity index (χ4n) is 3.87. The highest BCUT2D eigenvalue weighted by atomic mass is 32.2. The monoisotopic (exact) mass is 476 g/mol. The summed E-state index contributed by atoms with van der Waals surface area (Å²) in [6.07, 6.45) is 4.95. The van der Waals surface area contributed by atoms with Gasteiger partial charge in [0.1, 0.15) is 17.8 Å². The first kappa shape index (κ1) is 21.7. The minimum atomic E-state index is -3.66. The predicted molar refractivity (Wildman–Crippen MR) is 126 cm³/mol. The van der Waals surface area contributed by atoms with E-state index in [1.807, 2.05) is 25.4 Å². The molecule has 0 N–H and O–H groups in total. The smallest absolute Gasteiger partial charge is 0.255 e. The third-order valence-electron chi connectivity index (χ3n) is 5.51. The molecule has 0 bridgehead atoms. The number of rotatable bonds is 6. The zero-order chi connectivity index (χ0) is 23.9. The molecule has 0 amide bonds. The normalized spacial score (nSPS) is 11.7. The standard InChI is InChI=1S/C24H20N4O5S/c1-27-14-18(13-25-27)16-3-7-23(32-2)22(12-16)28-21-6-5-20(11-17(21)4-8-24(28)29)34(30,31)15-19-9-10-33-26-19/h3-14H,15H2,1-2H3. The maximum Gasteiger partial charge on any atom is 0.255 e. The van der Waals surface area contributed by atoms with E-state index in [0.29, 0.717) is 28.0 Å². The zero-order valence-corrected chi connectivity index (χ0v) is 19.2. The molecule has 0 atom stereocenters. The molecule has 0 saturated carbocycles. The van der Waals surface area contributed by atoms with E-state index in [9.17, 15) is 13.2 Å². The lowest BCUT2D eigenvalue weighted by Gasteiger charge is -2.15. The zero-order valence-electron chi connectivity index (χ0n) is 18.4. The molecule has 0 aliphatic heterocycles. The van der Waals surface area contributed by atoms with E-state index in [2.05, 4.69) is 10.3 Å². The van der Waals surface area contributed by atoms with Gasteiger partial charge in [0.2, 0.25) is 0 Å². The molecule has 5 rings (SSSR count). The van der Waals surface area contributed by atoms with E-state index in [-0.39, 0.29) is 16.2 Å². The molecular weight excluding hydrogens is 456 g/mol. The molecule has 9 nitrogen and oxygen atoms in total. The molecule has 10 heteroatoms. The van der Waals surface area contributed by atoms with Gasteiger partial charge in [0.15, 0.2) is 9.84 Å². The van der Waals surface area contributed by atoms with E-state index in [0.717, 1.165) is 11.1 Å². The van der Waals surface area contributed by atoms with Gasteiger partial charge >= 0.3 is 0 Å². The number of methoxy groups -OCH3 is 1. The lowest BCUT2D eigenvalue weighted by Crippen LogP contribution is -2.18. The Bertz CT molecular complexity index is 1670. The maximum absolute atomic E-state index is 13.0. The Balaban J connectivity index is 1.66. The van der Waals surface area contributed by atoms with Crippen LogP contribution in [0.5, 0.6) is 5.75 Å².